The normalized spacial score (nSPS) is 22.6. The molecule has 46 valence electrons. The van der Waals surface area contributed by atoms with Crippen LogP contribution in [0.5, 0.6) is 0 Å². The van der Waals surface area contributed by atoms with E-state index in [0.717, 1.165) is 12.8 Å². The summed E-state index contributed by atoms with van der Waals surface area (Å²) in [6.07, 6.45) is 2.24. The summed E-state index contributed by atoms with van der Waals surface area (Å²) in [5, 5.41) is 8.39. The van der Waals surface area contributed by atoms with Gasteiger partial charge in [0.2, 0.25) is 0 Å². The van der Waals surface area contributed by atoms with Gasteiger partial charge in [-0.1, -0.05) is 6.92 Å². The monoisotopic (exact) mass is 114 g/mol. The third-order valence-corrected chi connectivity index (χ3v) is 1.72. The van der Waals surface area contributed by atoms with Gasteiger partial charge in [0.1, 0.15) is 0 Å². The van der Waals surface area contributed by atoms with Gasteiger partial charge in [-0.05, 0) is 18.8 Å². The van der Waals surface area contributed by atoms with Crippen LogP contribution in [0.2, 0.25) is 0 Å². The van der Waals surface area contributed by atoms with Crippen LogP contribution in [-0.4, -0.2) is 11.1 Å². The first-order valence-electron chi connectivity index (χ1n) is 2.94. The van der Waals surface area contributed by atoms with E-state index in [0.29, 0.717) is 5.92 Å². The predicted octanol–water partition coefficient (Wildman–Crippen LogP) is 1.12. The molecule has 0 saturated heterocycles. The highest BCUT2D eigenvalue weighted by Gasteiger charge is 2.32. The molecule has 0 bridgehead atoms. The molecule has 0 spiro atoms. The molecular weight excluding hydrogens is 104 g/mol. The Morgan fingerprint density at radius 3 is 2.38 bits per heavy atom. The van der Waals surface area contributed by atoms with Crippen molar-refractivity contribution in [1.82, 2.24) is 0 Å². The zero-order chi connectivity index (χ0) is 6.15. The second-order valence-corrected chi connectivity index (χ2v) is 2.46. The lowest BCUT2D eigenvalue weighted by molar-refractivity contribution is -0.141. The van der Waals surface area contributed by atoms with Crippen LogP contribution in [0.15, 0.2) is 0 Å². The molecule has 2 nitrogen and oxygen atoms in total. The fraction of sp³-hybridized carbons (Fsp3) is 0.833. The predicted molar refractivity (Wildman–Crippen MR) is 29.5 cm³/mol. The van der Waals surface area contributed by atoms with Gasteiger partial charge in [0.15, 0.2) is 0 Å². The van der Waals surface area contributed by atoms with Crippen molar-refractivity contribution in [2.75, 3.05) is 0 Å². The van der Waals surface area contributed by atoms with Crippen LogP contribution in [0.25, 0.3) is 0 Å². The van der Waals surface area contributed by atoms with Gasteiger partial charge in [0, 0.05) is 0 Å². The lowest BCUT2D eigenvalue weighted by Crippen LogP contribution is -2.10. The fourth-order valence-corrected chi connectivity index (χ4v) is 0.798. The number of hydrogen-bond acceptors (Lipinski definition) is 1. The number of carboxylic acid groups (broad SMARTS) is 1. The number of hydrogen-bond donors (Lipinski definition) is 1. The van der Waals surface area contributed by atoms with Crippen molar-refractivity contribution in [1.29, 1.82) is 0 Å². The molecule has 1 aliphatic carbocycles. The second-order valence-electron chi connectivity index (χ2n) is 2.46. The third kappa shape index (κ3) is 0.997. The Balaban J connectivity index is 2.32. The first-order valence-corrected chi connectivity index (χ1v) is 2.94. The second kappa shape index (κ2) is 1.77. The molecular formula is C6H10O2. The lowest BCUT2D eigenvalue weighted by Gasteiger charge is -1.99. The molecule has 1 rings (SSSR count). The summed E-state index contributed by atoms with van der Waals surface area (Å²) in [6, 6.07) is 0. The van der Waals surface area contributed by atoms with Gasteiger partial charge in [-0.2, -0.15) is 0 Å². The molecule has 0 aliphatic heterocycles. The molecule has 1 fully saturated rings. The lowest BCUT2D eigenvalue weighted by atomic mass is 10.1. The van der Waals surface area contributed by atoms with E-state index in [1.54, 1.807) is 6.92 Å². The largest absolute Gasteiger partial charge is 0.481 e. The van der Waals surface area contributed by atoms with Gasteiger partial charge in [0.25, 0.3) is 0 Å². The Hall–Kier alpha value is -0.530. The standard InChI is InChI=1S/C6H10O2/c1-4(6(7)8)5-2-3-5/h4-5H,2-3H2,1H3,(H,7,8). The van der Waals surface area contributed by atoms with Gasteiger partial charge < -0.3 is 5.11 Å². The average molecular weight is 114 g/mol. The van der Waals surface area contributed by atoms with Gasteiger partial charge in [0.05, 0.1) is 5.92 Å². The molecule has 2 heteroatoms. The molecule has 0 aromatic carbocycles. The Kier molecular flexibility index (Phi) is 1.24. The van der Waals surface area contributed by atoms with Gasteiger partial charge in [-0.25, -0.2) is 0 Å². The minimum absolute atomic E-state index is 0.102. The SMILES string of the molecule is CC(C(=O)O)C1CC1. The molecule has 0 heterocycles. The number of aliphatic carboxylic acids is 1. The van der Waals surface area contributed by atoms with Crippen LogP contribution < -0.4 is 0 Å². The molecule has 1 N–H and O–H groups in total. The Labute approximate surface area is 48.5 Å². The summed E-state index contributed by atoms with van der Waals surface area (Å²) in [5.74, 6) is -0.255. The van der Waals surface area contributed by atoms with Crippen molar-refractivity contribution >= 4 is 5.97 Å². The maximum Gasteiger partial charge on any atom is 0.306 e. The first-order chi connectivity index (χ1) is 3.72. The number of carbonyl (C=O) groups is 1. The van der Waals surface area contributed by atoms with Crippen molar-refractivity contribution in [3.63, 3.8) is 0 Å². The molecule has 1 aliphatic rings. The van der Waals surface area contributed by atoms with Crippen molar-refractivity contribution in [3.8, 4) is 0 Å². The van der Waals surface area contributed by atoms with Gasteiger partial charge >= 0.3 is 5.97 Å². The topological polar surface area (TPSA) is 37.3 Å². The summed E-state index contributed by atoms with van der Waals surface area (Å²) in [4.78, 5) is 10.2. The summed E-state index contributed by atoms with van der Waals surface area (Å²) >= 11 is 0. The smallest absolute Gasteiger partial charge is 0.306 e. The molecule has 0 amide bonds. The van der Waals surface area contributed by atoms with Crippen LogP contribution in [0.4, 0.5) is 0 Å². The highest BCUT2D eigenvalue weighted by molar-refractivity contribution is 5.70. The van der Waals surface area contributed by atoms with E-state index in [1.807, 2.05) is 0 Å². The summed E-state index contributed by atoms with van der Waals surface area (Å²) in [6.45, 7) is 1.78. The van der Waals surface area contributed by atoms with Crippen LogP contribution in [0.3, 0.4) is 0 Å². The van der Waals surface area contributed by atoms with Crippen LogP contribution >= 0.6 is 0 Å². The van der Waals surface area contributed by atoms with Gasteiger partial charge in [-0.3, -0.25) is 4.79 Å². The Morgan fingerprint density at radius 1 is 1.75 bits per heavy atom. The van der Waals surface area contributed by atoms with Crippen molar-refractivity contribution in [2.24, 2.45) is 11.8 Å². The van der Waals surface area contributed by atoms with Crippen LogP contribution in [0.1, 0.15) is 19.8 Å². The maximum atomic E-state index is 10.2. The molecule has 1 saturated carbocycles. The molecule has 0 aromatic heterocycles. The van der Waals surface area contributed by atoms with Crippen molar-refractivity contribution < 1.29 is 9.90 Å². The van der Waals surface area contributed by atoms with E-state index >= 15 is 0 Å². The van der Waals surface area contributed by atoms with Crippen LogP contribution in [0, 0.1) is 11.8 Å². The summed E-state index contributed by atoms with van der Waals surface area (Å²) < 4.78 is 0. The van der Waals surface area contributed by atoms with E-state index in [1.165, 1.54) is 0 Å². The number of rotatable bonds is 2. The zero-order valence-corrected chi connectivity index (χ0v) is 4.92. The minimum Gasteiger partial charge on any atom is -0.481 e. The molecule has 8 heavy (non-hydrogen) atoms. The Morgan fingerprint density at radius 2 is 2.25 bits per heavy atom. The third-order valence-electron chi connectivity index (χ3n) is 1.72. The summed E-state index contributed by atoms with van der Waals surface area (Å²) in [5.41, 5.74) is 0. The summed E-state index contributed by atoms with van der Waals surface area (Å²) in [7, 11) is 0. The van der Waals surface area contributed by atoms with E-state index in [2.05, 4.69) is 0 Å². The molecule has 0 aromatic rings. The quantitative estimate of drug-likeness (QED) is 0.584. The Bertz CT molecular complexity index is 105. The van der Waals surface area contributed by atoms with Crippen molar-refractivity contribution in [2.45, 2.75) is 19.8 Å². The highest BCUT2D eigenvalue weighted by Crippen LogP contribution is 2.36. The van der Waals surface area contributed by atoms with E-state index < -0.39 is 5.97 Å². The number of carboxylic acids is 1. The molecule has 1 unspecified atom stereocenters. The van der Waals surface area contributed by atoms with Crippen LogP contribution in [-0.2, 0) is 4.79 Å². The molecule has 1 atom stereocenters. The van der Waals surface area contributed by atoms with E-state index in [9.17, 15) is 4.79 Å². The minimum atomic E-state index is -0.646. The van der Waals surface area contributed by atoms with Gasteiger partial charge in [-0.15, -0.1) is 0 Å². The molecule has 0 radical (unpaired) electrons. The first kappa shape index (κ1) is 5.60. The van der Waals surface area contributed by atoms with E-state index in [-0.39, 0.29) is 5.92 Å². The average Bonchev–Trinajstić information content (AvgIpc) is 2.43. The zero-order valence-electron chi connectivity index (χ0n) is 4.92. The van der Waals surface area contributed by atoms with Crippen molar-refractivity contribution in [3.05, 3.63) is 0 Å². The fourth-order valence-electron chi connectivity index (χ4n) is 0.798. The van der Waals surface area contributed by atoms with E-state index in [4.69, 9.17) is 5.11 Å². The maximum absolute atomic E-state index is 10.2. The highest BCUT2D eigenvalue weighted by atomic mass is 16.4.